The second-order valence-electron chi connectivity index (χ2n) is 12.2. The van der Waals surface area contributed by atoms with Gasteiger partial charge in [0.25, 0.3) is 0 Å². The highest BCUT2D eigenvalue weighted by Gasteiger charge is 2.25. The smallest absolute Gasteiger partial charge is 0.241 e. The van der Waals surface area contributed by atoms with Crippen LogP contribution in [0.3, 0.4) is 0 Å². The lowest BCUT2D eigenvalue weighted by Crippen LogP contribution is -2.32. The molecule has 0 unspecified atom stereocenters. The predicted octanol–water partition coefficient (Wildman–Crippen LogP) is 7.99. The highest BCUT2D eigenvalue weighted by atomic mass is 32.2. The second-order valence-corrected chi connectivity index (χ2v) is 14.0. The Morgan fingerprint density at radius 2 is 1.41 bits per heavy atom. The van der Waals surface area contributed by atoms with E-state index in [0.29, 0.717) is 29.2 Å². The molecule has 0 atom stereocenters. The van der Waals surface area contributed by atoms with Gasteiger partial charge in [0.15, 0.2) is 0 Å². The van der Waals surface area contributed by atoms with E-state index < -0.39 is 10.0 Å². The maximum absolute atomic E-state index is 13.4. The monoisotopic (exact) mass is 638 g/mol. The first kappa shape index (κ1) is 33.2. The van der Waals surface area contributed by atoms with Gasteiger partial charge in [-0.2, -0.15) is 4.98 Å². The molecular formula is C37H46N6O2S. The SMILES string of the molecule is C.CCc1ccc(Nc2nc(NCC3CCC(CNS(=O)(=O)c4cccc5c(N(C)C)cccc45)CC3)nc3ccccc23)cc1. The van der Waals surface area contributed by atoms with Crippen LogP contribution in [0.4, 0.5) is 23.1 Å². The average molecular weight is 639 g/mol. The largest absolute Gasteiger partial charge is 0.377 e. The van der Waals surface area contributed by atoms with E-state index >= 15 is 0 Å². The van der Waals surface area contributed by atoms with Crippen LogP contribution in [0.15, 0.2) is 89.8 Å². The minimum atomic E-state index is -3.64. The van der Waals surface area contributed by atoms with Gasteiger partial charge < -0.3 is 15.5 Å². The van der Waals surface area contributed by atoms with Crippen molar-refractivity contribution >= 4 is 54.8 Å². The fourth-order valence-corrected chi connectivity index (χ4v) is 7.62. The molecule has 1 heterocycles. The van der Waals surface area contributed by atoms with Crippen LogP contribution in [0.25, 0.3) is 21.7 Å². The number of hydrogen-bond acceptors (Lipinski definition) is 7. The van der Waals surface area contributed by atoms with Crippen LogP contribution in [0.5, 0.6) is 0 Å². The Labute approximate surface area is 273 Å². The summed E-state index contributed by atoms with van der Waals surface area (Å²) in [7, 11) is 0.298. The molecule has 1 fully saturated rings. The maximum Gasteiger partial charge on any atom is 0.241 e. The van der Waals surface area contributed by atoms with Crippen LogP contribution in [-0.4, -0.2) is 45.6 Å². The summed E-state index contributed by atoms with van der Waals surface area (Å²) in [4.78, 5) is 12.0. The van der Waals surface area contributed by atoms with Crippen molar-refractivity contribution in [3.63, 3.8) is 0 Å². The minimum absolute atomic E-state index is 0. The summed E-state index contributed by atoms with van der Waals surface area (Å²) < 4.78 is 29.7. The molecule has 3 N–H and O–H groups in total. The number of aromatic nitrogens is 2. The third-order valence-electron chi connectivity index (χ3n) is 8.94. The molecule has 46 heavy (non-hydrogen) atoms. The minimum Gasteiger partial charge on any atom is -0.377 e. The lowest BCUT2D eigenvalue weighted by Gasteiger charge is -2.29. The van der Waals surface area contributed by atoms with E-state index in [2.05, 4.69) is 46.5 Å². The first-order valence-electron chi connectivity index (χ1n) is 15.9. The van der Waals surface area contributed by atoms with Crippen molar-refractivity contribution in [3.8, 4) is 0 Å². The summed E-state index contributed by atoms with van der Waals surface area (Å²) in [6, 6.07) is 27.8. The van der Waals surface area contributed by atoms with Crippen molar-refractivity contribution in [1.29, 1.82) is 0 Å². The molecule has 6 rings (SSSR count). The number of para-hydroxylation sites is 1. The van der Waals surface area contributed by atoms with Crippen molar-refractivity contribution in [2.24, 2.45) is 11.8 Å². The van der Waals surface area contributed by atoms with Crippen LogP contribution in [0.1, 0.15) is 45.6 Å². The molecule has 1 aliphatic carbocycles. The number of nitrogens with one attached hydrogen (secondary N) is 3. The number of hydrogen-bond donors (Lipinski definition) is 3. The number of rotatable bonds is 11. The zero-order valence-corrected chi connectivity index (χ0v) is 27.1. The Bertz CT molecular complexity index is 1880. The average Bonchev–Trinajstić information content (AvgIpc) is 3.06. The summed E-state index contributed by atoms with van der Waals surface area (Å²) in [5.74, 6) is 2.19. The number of aryl methyl sites for hydroxylation is 1. The van der Waals surface area contributed by atoms with Crippen molar-refractivity contribution < 1.29 is 8.42 Å². The van der Waals surface area contributed by atoms with Crippen molar-refractivity contribution in [3.05, 3.63) is 90.5 Å². The molecule has 1 saturated carbocycles. The van der Waals surface area contributed by atoms with Crippen LogP contribution in [0, 0.1) is 11.8 Å². The van der Waals surface area contributed by atoms with Crippen molar-refractivity contribution in [2.45, 2.75) is 51.3 Å². The van der Waals surface area contributed by atoms with Gasteiger partial charge in [-0.15, -0.1) is 0 Å². The molecule has 242 valence electrons. The molecule has 9 heteroatoms. The number of sulfonamides is 1. The van der Waals surface area contributed by atoms with Crippen LogP contribution in [0.2, 0.25) is 0 Å². The predicted molar refractivity (Wildman–Crippen MR) is 193 cm³/mol. The summed E-state index contributed by atoms with van der Waals surface area (Å²) in [5.41, 5.74) is 4.18. The Morgan fingerprint density at radius 1 is 0.761 bits per heavy atom. The molecule has 5 aromatic rings. The number of anilines is 4. The highest BCUT2D eigenvalue weighted by molar-refractivity contribution is 7.89. The van der Waals surface area contributed by atoms with Crippen LogP contribution < -0.4 is 20.3 Å². The molecule has 0 radical (unpaired) electrons. The molecule has 4 aromatic carbocycles. The van der Waals surface area contributed by atoms with E-state index in [1.807, 2.05) is 73.6 Å². The van der Waals surface area contributed by atoms with Crippen LogP contribution in [-0.2, 0) is 16.4 Å². The van der Waals surface area contributed by atoms with Gasteiger partial charge in [-0.1, -0.05) is 62.9 Å². The quantitative estimate of drug-likeness (QED) is 0.135. The van der Waals surface area contributed by atoms with Crippen molar-refractivity contribution in [1.82, 2.24) is 14.7 Å². The van der Waals surface area contributed by atoms with Gasteiger partial charge in [-0.05, 0) is 85.9 Å². The summed E-state index contributed by atoms with van der Waals surface area (Å²) >= 11 is 0. The zero-order valence-electron chi connectivity index (χ0n) is 26.3. The molecular weight excluding hydrogens is 593 g/mol. The molecule has 0 spiro atoms. The first-order valence-corrected chi connectivity index (χ1v) is 17.3. The van der Waals surface area contributed by atoms with Gasteiger partial charge in [-0.25, -0.2) is 18.1 Å². The Morgan fingerprint density at radius 3 is 2.13 bits per heavy atom. The fraction of sp³-hybridized carbons (Fsp3) is 0.351. The molecule has 0 aliphatic heterocycles. The van der Waals surface area contributed by atoms with E-state index in [-0.39, 0.29) is 7.43 Å². The molecule has 0 saturated heterocycles. The standard InChI is InChI=1S/C36H42N6O2S.CH4/c1-4-25-19-21-28(22-20-25)39-35-31-9-5-6-12-32(31)40-36(41-35)37-23-26-15-17-27(18-16-26)24-38-45(43,44)34-14-8-10-29-30(34)11-7-13-33(29)42(2)3;/h5-14,19-22,26-27,38H,4,15-18,23-24H2,1-3H3,(H2,37,39,40,41);1H4. The maximum atomic E-state index is 13.4. The van der Waals surface area contributed by atoms with Gasteiger partial charge in [0, 0.05) is 54.7 Å². The molecule has 0 bridgehead atoms. The highest BCUT2D eigenvalue weighted by Crippen LogP contribution is 2.32. The normalized spacial score (nSPS) is 16.6. The van der Waals surface area contributed by atoms with E-state index in [0.717, 1.165) is 77.5 Å². The number of benzene rings is 4. The van der Waals surface area contributed by atoms with Gasteiger partial charge in [-0.3, -0.25) is 0 Å². The van der Waals surface area contributed by atoms with E-state index in [9.17, 15) is 8.42 Å². The first-order chi connectivity index (χ1) is 21.8. The van der Waals surface area contributed by atoms with E-state index in [1.165, 1.54) is 5.56 Å². The molecule has 1 aromatic heterocycles. The van der Waals surface area contributed by atoms with Gasteiger partial charge in [0.05, 0.1) is 10.4 Å². The third kappa shape index (κ3) is 7.43. The fourth-order valence-electron chi connectivity index (χ4n) is 6.28. The second kappa shape index (κ2) is 14.5. The van der Waals surface area contributed by atoms with Gasteiger partial charge in [0.1, 0.15) is 5.82 Å². The lowest BCUT2D eigenvalue weighted by molar-refractivity contribution is 0.284. The van der Waals surface area contributed by atoms with Gasteiger partial charge in [0.2, 0.25) is 16.0 Å². The Hall–Kier alpha value is -4.21. The summed E-state index contributed by atoms with van der Waals surface area (Å²) in [5, 5.41) is 9.64. The topological polar surface area (TPSA) is 99.2 Å². The molecule has 1 aliphatic rings. The Balaban J connectivity index is 0.00000417. The Kier molecular flexibility index (Phi) is 10.4. The number of nitrogens with zero attached hydrogens (tertiary/aromatic N) is 3. The van der Waals surface area contributed by atoms with Crippen LogP contribution >= 0.6 is 0 Å². The summed E-state index contributed by atoms with van der Waals surface area (Å²) in [6.07, 6.45) is 5.03. The third-order valence-corrected chi connectivity index (χ3v) is 10.4. The molecule has 8 nitrogen and oxygen atoms in total. The number of fused-ring (bicyclic) bond motifs is 2. The van der Waals surface area contributed by atoms with Gasteiger partial charge >= 0.3 is 0 Å². The van der Waals surface area contributed by atoms with E-state index in [1.54, 1.807) is 6.07 Å². The van der Waals surface area contributed by atoms with E-state index in [4.69, 9.17) is 9.97 Å². The summed E-state index contributed by atoms with van der Waals surface area (Å²) in [6.45, 7) is 3.39. The molecule has 0 amide bonds. The van der Waals surface area contributed by atoms with Crippen molar-refractivity contribution in [2.75, 3.05) is 42.7 Å². The lowest BCUT2D eigenvalue weighted by atomic mass is 9.82. The zero-order chi connectivity index (χ0) is 31.4.